The molecule has 2 nitrogen and oxygen atoms in total. The van der Waals surface area contributed by atoms with E-state index < -0.39 is 0 Å². The monoisotopic (exact) mass is 224 g/mol. The Kier molecular flexibility index (Phi) is 4.30. The summed E-state index contributed by atoms with van der Waals surface area (Å²) in [6.45, 7) is 7.13. The summed E-state index contributed by atoms with van der Waals surface area (Å²) in [5.74, 6) is -0.217. The van der Waals surface area contributed by atoms with Crippen molar-refractivity contribution in [2.45, 2.75) is 33.2 Å². The average molecular weight is 224 g/mol. The molecule has 1 rings (SSSR count). The topological polar surface area (TPSA) is 38.0 Å². The lowest BCUT2D eigenvalue weighted by atomic mass is 9.88. The normalized spacial score (nSPS) is 13.6. The molecular formula is C13H21FN2. The van der Waals surface area contributed by atoms with Crippen LogP contribution in [0.25, 0.3) is 0 Å². The van der Waals surface area contributed by atoms with Gasteiger partial charge in [0.1, 0.15) is 5.82 Å². The molecule has 0 radical (unpaired) electrons. The number of anilines is 1. The molecule has 0 bridgehead atoms. The van der Waals surface area contributed by atoms with Gasteiger partial charge in [-0.2, -0.15) is 0 Å². The SMILES string of the molecule is CC(C)(C)CC(CN)Nc1ccc(F)cc1. The van der Waals surface area contributed by atoms with Gasteiger partial charge in [-0.1, -0.05) is 20.8 Å². The minimum absolute atomic E-state index is 0.217. The maximum atomic E-state index is 12.7. The fourth-order valence-electron chi connectivity index (χ4n) is 1.71. The van der Waals surface area contributed by atoms with Gasteiger partial charge in [0.15, 0.2) is 0 Å². The van der Waals surface area contributed by atoms with Crippen LogP contribution < -0.4 is 11.1 Å². The minimum atomic E-state index is -0.217. The largest absolute Gasteiger partial charge is 0.381 e. The molecule has 0 saturated carbocycles. The van der Waals surface area contributed by atoms with Gasteiger partial charge in [-0.15, -0.1) is 0 Å². The fraction of sp³-hybridized carbons (Fsp3) is 0.538. The first-order valence-electron chi connectivity index (χ1n) is 5.63. The summed E-state index contributed by atoms with van der Waals surface area (Å²) >= 11 is 0. The highest BCUT2D eigenvalue weighted by molar-refractivity contribution is 5.43. The van der Waals surface area contributed by atoms with Gasteiger partial charge in [-0.25, -0.2) is 4.39 Å². The summed E-state index contributed by atoms with van der Waals surface area (Å²) in [5.41, 5.74) is 6.87. The van der Waals surface area contributed by atoms with E-state index in [9.17, 15) is 4.39 Å². The molecule has 0 aliphatic rings. The van der Waals surface area contributed by atoms with Crippen molar-refractivity contribution in [3.8, 4) is 0 Å². The zero-order valence-electron chi connectivity index (χ0n) is 10.3. The van der Waals surface area contributed by atoms with Crippen LogP contribution in [0.5, 0.6) is 0 Å². The van der Waals surface area contributed by atoms with Crippen LogP contribution in [0.1, 0.15) is 27.2 Å². The van der Waals surface area contributed by atoms with Crippen LogP contribution in [-0.2, 0) is 0 Å². The van der Waals surface area contributed by atoms with Crippen molar-refractivity contribution in [3.05, 3.63) is 30.1 Å². The molecule has 90 valence electrons. The lowest BCUT2D eigenvalue weighted by Gasteiger charge is -2.26. The zero-order valence-corrected chi connectivity index (χ0v) is 10.3. The summed E-state index contributed by atoms with van der Waals surface area (Å²) in [6.07, 6.45) is 0.987. The smallest absolute Gasteiger partial charge is 0.123 e. The summed E-state index contributed by atoms with van der Waals surface area (Å²) < 4.78 is 12.7. The molecule has 3 heteroatoms. The van der Waals surface area contributed by atoms with E-state index in [1.165, 1.54) is 12.1 Å². The Bertz CT molecular complexity index is 314. The van der Waals surface area contributed by atoms with Gasteiger partial charge < -0.3 is 11.1 Å². The molecule has 0 aliphatic heterocycles. The van der Waals surface area contributed by atoms with Crippen LogP contribution in [0.4, 0.5) is 10.1 Å². The van der Waals surface area contributed by atoms with E-state index in [4.69, 9.17) is 5.73 Å². The van der Waals surface area contributed by atoms with Gasteiger partial charge in [0.25, 0.3) is 0 Å². The Morgan fingerprint density at radius 1 is 1.25 bits per heavy atom. The Morgan fingerprint density at radius 2 is 1.81 bits per heavy atom. The first-order chi connectivity index (χ1) is 7.40. The third-order valence-corrected chi connectivity index (χ3v) is 2.36. The molecule has 16 heavy (non-hydrogen) atoms. The van der Waals surface area contributed by atoms with Gasteiger partial charge in [0, 0.05) is 18.3 Å². The van der Waals surface area contributed by atoms with Gasteiger partial charge >= 0.3 is 0 Å². The van der Waals surface area contributed by atoms with Gasteiger partial charge in [0.05, 0.1) is 0 Å². The zero-order chi connectivity index (χ0) is 12.2. The van der Waals surface area contributed by atoms with Crippen molar-refractivity contribution in [1.82, 2.24) is 0 Å². The standard InChI is InChI=1S/C13H21FN2/c1-13(2,3)8-12(9-15)16-11-6-4-10(14)5-7-11/h4-7,12,16H,8-9,15H2,1-3H3. The van der Waals surface area contributed by atoms with E-state index in [1.807, 2.05) is 0 Å². The number of hydrogen-bond donors (Lipinski definition) is 2. The predicted octanol–water partition coefficient (Wildman–Crippen LogP) is 3.00. The molecule has 1 unspecified atom stereocenters. The Hall–Kier alpha value is -1.09. The van der Waals surface area contributed by atoms with E-state index in [1.54, 1.807) is 12.1 Å². The van der Waals surface area contributed by atoms with Gasteiger partial charge in [0.2, 0.25) is 0 Å². The highest BCUT2D eigenvalue weighted by Crippen LogP contribution is 2.22. The summed E-state index contributed by atoms with van der Waals surface area (Å²) in [7, 11) is 0. The third-order valence-electron chi connectivity index (χ3n) is 2.36. The van der Waals surface area contributed by atoms with Crippen molar-refractivity contribution in [2.24, 2.45) is 11.1 Å². The molecule has 0 fully saturated rings. The first-order valence-corrected chi connectivity index (χ1v) is 5.63. The molecule has 3 N–H and O–H groups in total. The van der Waals surface area contributed by atoms with Gasteiger partial charge in [-0.3, -0.25) is 0 Å². The molecule has 0 aromatic heterocycles. The molecule has 0 saturated heterocycles. The average Bonchev–Trinajstić information content (AvgIpc) is 2.18. The highest BCUT2D eigenvalue weighted by Gasteiger charge is 2.17. The quantitative estimate of drug-likeness (QED) is 0.825. The predicted molar refractivity (Wildman–Crippen MR) is 66.9 cm³/mol. The molecule has 1 aromatic carbocycles. The van der Waals surface area contributed by atoms with Crippen LogP contribution in [0.15, 0.2) is 24.3 Å². The molecule has 0 aliphatic carbocycles. The number of nitrogens with one attached hydrogen (secondary N) is 1. The second-order valence-electron chi connectivity index (χ2n) is 5.35. The summed E-state index contributed by atoms with van der Waals surface area (Å²) in [5, 5.41) is 3.32. The van der Waals surface area contributed by atoms with Crippen molar-refractivity contribution in [2.75, 3.05) is 11.9 Å². The molecule has 0 spiro atoms. The lowest BCUT2D eigenvalue weighted by molar-refractivity contribution is 0.351. The van der Waals surface area contributed by atoms with E-state index in [-0.39, 0.29) is 17.3 Å². The van der Waals surface area contributed by atoms with E-state index in [2.05, 4.69) is 26.1 Å². The highest BCUT2D eigenvalue weighted by atomic mass is 19.1. The summed E-state index contributed by atoms with van der Waals surface area (Å²) in [4.78, 5) is 0. The lowest BCUT2D eigenvalue weighted by Crippen LogP contribution is -2.32. The first kappa shape index (κ1) is 13.0. The maximum Gasteiger partial charge on any atom is 0.123 e. The van der Waals surface area contributed by atoms with Crippen molar-refractivity contribution in [3.63, 3.8) is 0 Å². The Labute approximate surface area is 97.0 Å². The fourth-order valence-corrected chi connectivity index (χ4v) is 1.71. The molecule has 0 heterocycles. The maximum absolute atomic E-state index is 12.7. The molecule has 1 atom stereocenters. The number of benzene rings is 1. The van der Waals surface area contributed by atoms with E-state index in [0.29, 0.717) is 6.54 Å². The van der Waals surface area contributed by atoms with Crippen LogP contribution in [0, 0.1) is 11.2 Å². The van der Waals surface area contributed by atoms with Crippen LogP contribution >= 0.6 is 0 Å². The minimum Gasteiger partial charge on any atom is -0.381 e. The number of rotatable bonds is 4. The molecular weight excluding hydrogens is 203 g/mol. The Balaban J connectivity index is 2.60. The van der Waals surface area contributed by atoms with Crippen molar-refractivity contribution >= 4 is 5.69 Å². The molecule has 0 amide bonds. The second kappa shape index (κ2) is 5.30. The van der Waals surface area contributed by atoms with Crippen LogP contribution in [0.2, 0.25) is 0 Å². The number of halogens is 1. The van der Waals surface area contributed by atoms with Crippen molar-refractivity contribution in [1.29, 1.82) is 0 Å². The van der Waals surface area contributed by atoms with Crippen LogP contribution in [0.3, 0.4) is 0 Å². The second-order valence-corrected chi connectivity index (χ2v) is 5.35. The third kappa shape index (κ3) is 4.62. The van der Waals surface area contributed by atoms with E-state index in [0.717, 1.165) is 12.1 Å². The summed E-state index contributed by atoms with van der Waals surface area (Å²) in [6, 6.07) is 6.60. The van der Waals surface area contributed by atoms with Crippen LogP contribution in [-0.4, -0.2) is 12.6 Å². The Morgan fingerprint density at radius 3 is 2.25 bits per heavy atom. The molecule has 1 aromatic rings. The number of hydrogen-bond acceptors (Lipinski definition) is 2. The van der Waals surface area contributed by atoms with Gasteiger partial charge in [-0.05, 0) is 36.1 Å². The van der Waals surface area contributed by atoms with Crippen molar-refractivity contribution < 1.29 is 4.39 Å². The number of nitrogens with two attached hydrogens (primary N) is 1. The van der Waals surface area contributed by atoms with E-state index >= 15 is 0 Å².